The summed E-state index contributed by atoms with van der Waals surface area (Å²) in [5.41, 5.74) is 1.47. The second-order valence-corrected chi connectivity index (χ2v) is 5.14. The van der Waals surface area contributed by atoms with Gasteiger partial charge in [0.05, 0.1) is 0 Å². The van der Waals surface area contributed by atoms with Crippen molar-refractivity contribution in [1.29, 1.82) is 0 Å². The molecule has 1 aromatic rings. The first kappa shape index (κ1) is 14.2. The van der Waals surface area contributed by atoms with Gasteiger partial charge in [-0.1, -0.05) is 50.6 Å². The summed E-state index contributed by atoms with van der Waals surface area (Å²) in [4.78, 5) is 0. The molecule has 0 aliphatic rings. The minimum absolute atomic E-state index is 0.700. The third-order valence-electron chi connectivity index (χ3n) is 3.50. The molecule has 0 aliphatic carbocycles. The summed E-state index contributed by atoms with van der Waals surface area (Å²) in [6.07, 6.45) is 6.39. The Labute approximate surface area is 107 Å². The third kappa shape index (κ3) is 5.88. The molecule has 1 aromatic carbocycles. The fraction of sp³-hybridized carbons (Fsp3) is 0.625. The van der Waals surface area contributed by atoms with Crippen molar-refractivity contribution in [2.45, 2.75) is 52.0 Å². The van der Waals surface area contributed by atoms with Crippen LogP contribution in [0.4, 0.5) is 0 Å². The summed E-state index contributed by atoms with van der Waals surface area (Å²) in [6, 6.07) is 11.5. The molecule has 0 fully saturated rings. The van der Waals surface area contributed by atoms with E-state index in [9.17, 15) is 0 Å². The van der Waals surface area contributed by atoms with Crippen molar-refractivity contribution in [3.63, 3.8) is 0 Å². The lowest BCUT2D eigenvalue weighted by atomic mass is 9.93. The predicted molar refractivity (Wildman–Crippen MR) is 76.3 cm³/mol. The summed E-state index contributed by atoms with van der Waals surface area (Å²) in [7, 11) is 2.09. The Bertz CT molecular complexity index is 281. The number of nitrogens with one attached hydrogen (secondary N) is 1. The van der Waals surface area contributed by atoms with Gasteiger partial charge in [0, 0.05) is 6.04 Å². The molecule has 1 nitrogen and oxygen atoms in total. The number of aryl methyl sites for hydroxylation is 1. The van der Waals surface area contributed by atoms with Crippen molar-refractivity contribution in [3.8, 4) is 0 Å². The normalized spacial score (nSPS) is 14.5. The Balaban J connectivity index is 2.27. The maximum absolute atomic E-state index is 3.43. The van der Waals surface area contributed by atoms with Crippen molar-refractivity contribution in [2.75, 3.05) is 7.05 Å². The van der Waals surface area contributed by atoms with Gasteiger partial charge in [-0.15, -0.1) is 0 Å². The van der Waals surface area contributed by atoms with Gasteiger partial charge in [-0.2, -0.15) is 0 Å². The van der Waals surface area contributed by atoms with Gasteiger partial charge in [-0.25, -0.2) is 0 Å². The minimum Gasteiger partial charge on any atom is -0.317 e. The summed E-state index contributed by atoms with van der Waals surface area (Å²) in [5.74, 6) is 0.805. The molecule has 17 heavy (non-hydrogen) atoms. The van der Waals surface area contributed by atoms with Crippen LogP contribution >= 0.6 is 0 Å². The molecule has 0 heterocycles. The first-order valence-corrected chi connectivity index (χ1v) is 6.97. The summed E-state index contributed by atoms with van der Waals surface area (Å²) in [6.45, 7) is 4.64. The molecular weight excluding hydrogens is 206 g/mol. The van der Waals surface area contributed by atoms with Gasteiger partial charge in [0.1, 0.15) is 0 Å². The van der Waals surface area contributed by atoms with Gasteiger partial charge in [-0.3, -0.25) is 0 Å². The quantitative estimate of drug-likeness (QED) is 0.714. The van der Waals surface area contributed by atoms with Gasteiger partial charge in [-0.05, 0) is 44.2 Å². The Morgan fingerprint density at radius 3 is 2.41 bits per heavy atom. The molecule has 0 saturated carbocycles. The van der Waals surface area contributed by atoms with Crippen molar-refractivity contribution in [3.05, 3.63) is 35.9 Å². The highest BCUT2D eigenvalue weighted by Crippen LogP contribution is 2.16. The van der Waals surface area contributed by atoms with Crippen molar-refractivity contribution < 1.29 is 0 Å². The second-order valence-electron chi connectivity index (χ2n) is 5.14. The van der Waals surface area contributed by atoms with Crippen LogP contribution in [0.1, 0.15) is 45.1 Å². The van der Waals surface area contributed by atoms with Crippen LogP contribution in [0.25, 0.3) is 0 Å². The molecule has 0 radical (unpaired) electrons. The maximum Gasteiger partial charge on any atom is 0.00665 e. The van der Waals surface area contributed by atoms with E-state index in [1.54, 1.807) is 0 Å². The zero-order chi connectivity index (χ0) is 12.5. The Morgan fingerprint density at radius 1 is 1.12 bits per heavy atom. The van der Waals surface area contributed by atoms with Crippen LogP contribution in [0.5, 0.6) is 0 Å². The predicted octanol–water partition coefficient (Wildman–Crippen LogP) is 4.03. The maximum atomic E-state index is 3.43. The molecule has 1 N–H and O–H groups in total. The molecule has 2 atom stereocenters. The van der Waals surface area contributed by atoms with Crippen molar-refractivity contribution in [2.24, 2.45) is 5.92 Å². The average molecular weight is 233 g/mol. The van der Waals surface area contributed by atoms with Crippen LogP contribution in [0.15, 0.2) is 30.3 Å². The van der Waals surface area contributed by atoms with Crippen molar-refractivity contribution in [1.82, 2.24) is 5.32 Å². The van der Waals surface area contributed by atoms with Crippen LogP contribution in [-0.2, 0) is 6.42 Å². The van der Waals surface area contributed by atoms with Crippen molar-refractivity contribution >= 4 is 0 Å². The number of benzene rings is 1. The molecule has 1 rings (SSSR count). The fourth-order valence-electron chi connectivity index (χ4n) is 2.39. The Kier molecular flexibility index (Phi) is 6.95. The second kappa shape index (κ2) is 8.30. The van der Waals surface area contributed by atoms with Gasteiger partial charge in [0.15, 0.2) is 0 Å². The van der Waals surface area contributed by atoms with E-state index in [0.717, 1.165) is 5.92 Å². The van der Waals surface area contributed by atoms with Gasteiger partial charge in [0.2, 0.25) is 0 Å². The molecule has 0 spiro atoms. The lowest BCUT2D eigenvalue weighted by molar-refractivity contribution is 0.384. The lowest BCUT2D eigenvalue weighted by Crippen LogP contribution is -2.27. The highest BCUT2D eigenvalue weighted by Gasteiger charge is 2.10. The van der Waals surface area contributed by atoms with E-state index in [2.05, 4.69) is 56.5 Å². The Morgan fingerprint density at radius 2 is 1.82 bits per heavy atom. The standard InChI is InChI=1S/C16H27N/c1-4-8-16(17-3)13-14(2)11-12-15-9-6-5-7-10-15/h5-7,9-10,14,16-17H,4,8,11-13H2,1-3H3/t14-,16?/m1/s1. The third-order valence-corrected chi connectivity index (χ3v) is 3.50. The van der Waals surface area contributed by atoms with Crippen LogP contribution in [0, 0.1) is 5.92 Å². The largest absolute Gasteiger partial charge is 0.317 e. The number of hydrogen-bond donors (Lipinski definition) is 1. The number of hydrogen-bond acceptors (Lipinski definition) is 1. The van der Waals surface area contributed by atoms with Crippen LogP contribution in [0.2, 0.25) is 0 Å². The molecule has 0 amide bonds. The zero-order valence-electron chi connectivity index (χ0n) is 11.6. The number of rotatable bonds is 8. The molecule has 1 heteroatoms. The van der Waals surface area contributed by atoms with Gasteiger partial charge in [0.25, 0.3) is 0 Å². The molecule has 0 saturated heterocycles. The topological polar surface area (TPSA) is 12.0 Å². The zero-order valence-corrected chi connectivity index (χ0v) is 11.6. The van der Waals surface area contributed by atoms with E-state index in [-0.39, 0.29) is 0 Å². The summed E-state index contributed by atoms with van der Waals surface area (Å²) in [5, 5.41) is 3.43. The van der Waals surface area contributed by atoms with E-state index < -0.39 is 0 Å². The molecule has 0 aromatic heterocycles. The molecule has 96 valence electrons. The molecule has 0 bridgehead atoms. The monoisotopic (exact) mass is 233 g/mol. The SMILES string of the molecule is CCCC(C[C@H](C)CCc1ccccc1)NC. The first-order chi connectivity index (χ1) is 8.26. The molecule has 1 unspecified atom stereocenters. The van der Waals surface area contributed by atoms with Gasteiger partial charge < -0.3 is 5.32 Å². The smallest absolute Gasteiger partial charge is 0.00665 e. The van der Waals surface area contributed by atoms with E-state index >= 15 is 0 Å². The molecular formula is C16H27N. The average Bonchev–Trinajstić information content (AvgIpc) is 2.37. The van der Waals surface area contributed by atoms with E-state index in [4.69, 9.17) is 0 Å². The van der Waals surface area contributed by atoms with Crippen LogP contribution in [-0.4, -0.2) is 13.1 Å². The Hall–Kier alpha value is -0.820. The summed E-state index contributed by atoms with van der Waals surface area (Å²) < 4.78 is 0. The highest BCUT2D eigenvalue weighted by atomic mass is 14.9. The van der Waals surface area contributed by atoms with Gasteiger partial charge >= 0.3 is 0 Å². The van der Waals surface area contributed by atoms with E-state index in [0.29, 0.717) is 6.04 Å². The molecule has 0 aliphatic heterocycles. The minimum atomic E-state index is 0.700. The van der Waals surface area contributed by atoms with Crippen LogP contribution in [0.3, 0.4) is 0 Å². The highest BCUT2D eigenvalue weighted by molar-refractivity contribution is 5.14. The summed E-state index contributed by atoms with van der Waals surface area (Å²) >= 11 is 0. The fourth-order valence-corrected chi connectivity index (χ4v) is 2.39. The van der Waals surface area contributed by atoms with E-state index in [1.807, 2.05) is 0 Å². The lowest BCUT2D eigenvalue weighted by Gasteiger charge is -2.20. The first-order valence-electron chi connectivity index (χ1n) is 6.97. The van der Waals surface area contributed by atoms with E-state index in [1.165, 1.54) is 37.7 Å². The van der Waals surface area contributed by atoms with Crippen LogP contribution < -0.4 is 5.32 Å².